The number of benzene rings is 1. The van der Waals surface area contributed by atoms with E-state index in [1.54, 1.807) is 41.6 Å². The van der Waals surface area contributed by atoms with Crippen LogP contribution in [0.4, 0.5) is 4.39 Å². The first-order valence-corrected chi connectivity index (χ1v) is 9.33. The van der Waals surface area contributed by atoms with Crippen LogP contribution in [-0.4, -0.2) is 50.7 Å². The third-order valence-electron chi connectivity index (χ3n) is 5.16. The molecule has 7 nitrogen and oxygen atoms in total. The average molecular weight is 391 g/mol. The standard InChI is InChI=1S/C21H18FN5O2/c22-16-4-2-1-3-15(16)19-12-29-8-7-27(19)21(28)18-9-13-5-6-17(25-20(13)26-18)14-10-23-24-11-14/h1-6,9-11,19H,7-8,12H2,(H,23,24)(H,25,26)/t19-/m0/s1. The van der Waals surface area contributed by atoms with Crippen LogP contribution in [0.1, 0.15) is 22.1 Å². The molecule has 5 rings (SSSR count). The van der Waals surface area contributed by atoms with Gasteiger partial charge in [0.25, 0.3) is 5.91 Å². The van der Waals surface area contributed by atoms with Crippen LogP contribution in [0.25, 0.3) is 22.3 Å². The fourth-order valence-corrected chi connectivity index (χ4v) is 3.68. The normalized spacial score (nSPS) is 17.0. The Morgan fingerprint density at radius 2 is 2.14 bits per heavy atom. The number of carbonyl (C=O) groups is 1. The molecule has 0 radical (unpaired) electrons. The smallest absolute Gasteiger partial charge is 0.271 e. The van der Waals surface area contributed by atoms with E-state index in [-0.39, 0.29) is 18.3 Å². The highest BCUT2D eigenvalue weighted by Crippen LogP contribution is 2.29. The molecule has 1 aliphatic rings. The van der Waals surface area contributed by atoms with E-state index in [1.807, 2.05) is 12.1 Å². The summed E-state index contributed by atoms with van der Waals surface area (Å²) in [7, 11) is 0. The van der Waals surface area contributed by atoms with Gasteiger partial charge in [-0.25, -0.2) is 9.37 Å². The number of rotatable bonds is 3. The Morgan fingerprint density at radius 1 is 1.24 bits per heavy atom. The highest BCUT2D eigenvalue weighted by atomic mass is 19.1. The number of amides is 1. The number of carbonyl (C=O) groups excluding carboxylic acids is 1. The number of hydrogen-bond acceptors (Lipinski definition) is 4. The zero-order valence-electron chi connectivity index (χ0n) is 15.4. The number of hydrogen-bond donors (Lipinski definition) is 2. The van der Waals surface area contributed by atoms with Crippen molar-refractivity contribution in [2.24, 2.45) is 0 Å². The molecule has 3 aromatic heterocycles. The predicted octanol–water partition coefficient (Wildman–Crippen LogP) is 3.31. The number of aromatic nitrogens is 4. The summed E-state index contributed by atoms with van der Waals surface area (Å²) in [6.45, 7) is 1.07. The summed E-state index contributed by atoms with van der Waals surface area (Å²) in [5.74, 6) is -0.548. The Labute approximate surface area is 165 Å². The van der Waals surface area contributed by atoms with E-state index in [2.05, 4.69) is 20.2 Å². The fraction of sp³-hybridized carbons (Fsp3) is 0.190. The van der Waals surface area contributed by atoms with Gasteiger partial charge >= 0.3 is 0 Å². The Hall–Kier alpha value is -3.52. The molecule has 0 bridgehead atoms. The van der Waals surface area contributed by atoms with Crippen molar-refractivity contribution in [1.82, 2.24) is 25.1 Å². The van der Waals surface area contributed by atoms with E-state index in [4.69, 9.17) is 4.74 Å². The van der Waals surface area contributed by atoms with Crippen molar-refractivity contribution in [2.75, 3.05) is 19.8 Å². The maximum absolute atomic E-state index is 14.3. The van der Waals surface area contributed by atoms with E-state index in [0.29, 0.717) is 30.1 Å². The average Bonchev–Trinajstić information content (AvgIpc) is 3.43. The molecule has 1 aliphatic heterocycles. The van der Waals surface area contributed by atoms with Crippen LogP contribution < -0.4 is 0 Å². The summed E-state index contributed by atoms with van der Waals surface area (Å²) in [5, 5.41) is 7.53. The Bertz CT molecular complexity index is 1170. The van der Waals surface area contributed by atoms with Crippen molar-refractivity contribution in [2.45, 2.75) is 6.04 Å². The van der Waals surface area contributed by atoms with Gasteiger partial charge in [0.2, 0.25) is 0 Å². The van der Waals surface area contributed by atoms with Crippen LogP contribution in [0.3, 0.4) is 0 Å². The van der Waals surface area contributed by atoms with Crippen molar-refractivity contribution in [3.63, 3.8) is 0 Å². The molecule has 1 fully saturated rings. The number of halogens is 1. The maximum Gasteiger partial charge on any atom is 0.271 e. The summed E-state index contributed by atoms with van der Waals surface area (Å²) in [4.78, 5) is 22.6. The van der Waals surface area contributed by atoms with E-state index in [9.17, 15) is 9.18 Å². The summed E-state index contributed by atoms with van der Waals surface area (Å²) < 4.78 is 19.9. The molecule has 1 saturated heterocycles. The second kappa shape index (κ2) is 7.14. The maximum atomic E-state index is 14.3. The minimum absolute atomic E-state index is 0.204. The molecule has 0 saturated carbocycles. The molecular weight excluding hydrogens is 373 g/mol. The lowest BCUT2D eigenvalue weighted by atomic mass is 10.0. The number of morpholine rings is 1. The molecule has 4 heterocycles. The molecule has 0 unspecified atom stereocenters. The first-order chi connectivity index (χ1) is 14.2. The van der Waals surface area contributed by atoms with Gasteiger partial charge in [-0.2, -0.15) is 5.10 Å². The number of H-pyrrole nitrogens is 2. The molecule has 0 spiro atoms. The van der Waals surface area contributed by atoms with Crippen LogP contribution in [0.15, 0.2) is 54.9 Å². The molecule has 8 heteroatoms. The van der Waals surface area contributed by atoms with Gasteiger partial charge in [0.1, 0.15) is 17.2 Å². The van der Waals surface area contributed by atoms with Gasteiger partial charge in [-0.3, -0.25) is 9.89 Å². The molecule has 1 atom stereocenters. The number of nitrogens with zero attached hydrogens (tertiary/aromatic N) is 3. The number of pyridine rings is 1. The van der Waals surface area contributed by atoms with E-state index in [1.165, 1.54) is 6.07 Å². The Balaban J connectivity index is 1.48. The lowest BCUT2D eigenvalue weighted by Gasteiger charge is -2.35. The van der Waals surface area contributed by atoms with Gasteiger partial charge in [0.05, 0.1) is 31.1 Å². The SMILES string of the molecule is O=C(c1cc2ccc(-c3cn[nH]c3)nc2[nH]1)N1CCOC[C@H]1c1ccccc1F. The van der Waals surface area contributed by atoms with Crippen LogP contribution in [0, 0.1) is 5.82 Å². The van der Waals surface area contributed by atoms with Gasteiger partial charge < -0.3 is 14.6 Å². The molecule has 1 aromatic carbocycles. The minimum Gasteiger partial charge on any atom is -0.377 e. The number of fused-ring (bicyclic) bond motifs is 1. The monoisotopic (exact) mass is 391 g/mol. The van der Waals surface area contributed by atoms with Crippen molar-refractivity contribution in [1.29, 1.82) is 0 Å². The molecular formula is C21H18FN5O2. The topological polar surface area (TPSA) is 86.9 Å². The second-order valence-corrected chi connectivity index (χ2v) is 6.92. The molecule has 146 valence electrons. The number of nitrogens with one attached hydrogen (secondary N) is 2. The van der Waals surface area contributed by atoms with Gasteiger partial charge in [0.15, 0.2) is 0 Å². The minimum atomic E-state index is -0.474. The predicted molar refractivity (Wildman–Crippen MR) is 105 cm³/mol. The largest absolute Gasteiger partial charge is 0.377 e. The highest BCUT2D eigenvalue weighted by Gasteiger charge is 2.31. The van der Waals surface area contributed by atoms with Crippen LogP contribution in [0.2, 0.25) is 0 Å². The van der Waals surface area contributed by atoms with E-state index < -0.39 is 6.04 Å². The first kappa shape index (κ1) is 17.6. The first-order valence-electron chi connectivity index (χ1n) is 9.33. The quantitative estimate of drug-likeness (QED) is 0.561. The van der Waals surface area contributed by atoms with Gasteiger partial charge in [-0.1, -0.05) is 18.2 Å². The molecule has 0 aliphatic carbocycles. The van der Waals surface area contributed by atoms with Crippen molar-refractivity contribution >= 4 is 16.9 Å². The summed E-state index contributed by atoms with van der Waals surface area (Å²) in [6.07, 6.45) is 3.45. The molecule has 29 heavy (non-hydrogen) atoms. The van der Waals surface area contributed by atoms with Gasteiger partial charge in [-0.15, -0.1) is 0 Å². The van der Waals surface area contributed by atoms with Crippen molar-refractivity contribution in [3.05, 3.63) is 71.9 Å². The molecule has 2 N–H and O–H groups in total. The zero-order chi connectivity index (χ0) is 19.8. The van der Waals surface area contributed by atoms with Crippen LogP contribution >= 0.6 is 0 Å². The van der Waals surface area contributed by atoms with Crippen molar-refractivity contribution < 1.29 is 13.9 Å². The molecule has 4 aromatic rings. The summed E-state index contributed by atoms with van der Waals surface area (Å²) in [5.41, 5.74) is 3.10. The van der Waals surface area contributed by atoms with E-state index >= 15 is 0 Å². The third-order valence-corrected chi connectivity index (χ3v) is 5.16. The second-order valence-electron chi connectivity index (χ2n) is 6.92. The lowest BCUT2D eigenvalue weighted by molar-refractivity contribution is -0.00389. The number of aromatic amines is 2. The highest BCUT2D eigenvalue weighted by molar-refractivity contribution is 5.97. The van der Waals surface area contributed by atoms with E-state index in [0.717, 1.165) is 16.6 Å². The lowest BCUT2D eigenvalue weighted by Crippen LogP contribution is -2.43. The van der Waals surface area contributed by atoms with Crippen LogP contribution in [0.5, 0.6) is 0 Å². The summed E-state index contributed by atoms with van der Waals surface area (Å²) in [6, 6.07) is 11.6. The Kier molecular flexibility index (Phi) is 4.33. The van der Waals surface area contributed by atoms with Crippen LogP contribution in [-0.2, 0) is 4.74 Å². The van der Waals surface area contributed by atoms with Gasteiger partial charge in [-0.05, 0) is 24.3 Å². The fourth-order valence-electron chi connectivity index (χ4n) is 3.68. The van der Waals surface area contributed by atoms with Crippen molar-refractivity contribution in [3.8, 4) is 11.3 Å². The van der Waals surface area contributed by atoms with Gasteiger partial charge in [0, 0.05) is 29.3 Å². The Morgan fingerprint density at radius 3 is 2.97 bits per heavy atom. The summed E-state index contributed by atoms with van der Waals surface area (Å²) >= 11 is 0. The zero-order valence-corrected chi connectivity index (χ0v) is 15.4. The molecule has 1 amide bonds. The number of ether oxygens (including phenoxy) is 1. The third kappa shape index (κ3) is 3.17.